The Bertz CT molecular complexity index is 635. The number of aliphatic hydroxyl groups excluding tert-OH is 1. The van der Waals surface area contributed by atoms with Gasteiger partial charge < -0.3 is 14.4 Å². The van der Waals surface area contributed by atoms with Crippen molar-refractivity contribution in [1.29, 1.82) is 0 Å². The van der Waals surface area contributed by atoms with Crippen molar-refractivity contribution in [1.82, 2.24) is 9.55 Å². The van der Waals surface area contributed by atoms with E-state index in [0.717, 1.165) is 5.69 Å². The molecule has 3 atom stereocenters. The number of nitrogens with zero attached hydrogens (tertiary/aromatic N) is 2. The molecular formula is C15H16N2O2. The highest BCUT2D eigenvalue weighted by Crippen LogP contribution is 2.45. The van der Waals surface area contributed by atoms with Crippen molar-refractivity contribution >= 4 is 0 Å². The number of aromatic nitrogens is 2. The normalized spacial score (nSPS) is 28.4. The summed E-state index contributed by atoms with van der Waals surface area (Å²) in [7, 11) is 0. The van der Waals surface area contributed by atoms with Gasteiger partial charge >= 0.3 is 0 Å². The minimum absolute atomic E-state index is 0.108. The van der Waals surface area contributed by atoms with Crippen LogP contribution in [0.4, 0.5) is 0 Å². The summed E-state index contributed by atoms with van der Waals surface area (Å²) in [6.45, 7) is 3.14. The van der Waals surface area contributed by atoms with Crippen molar-refractivity contribution in [3.05, 3.63) is 41.9 Å². The van der Waals surface area contributed by atoms with Gasteiger partial charge in [-0.1, -0.05) is 17.7 Å². The first-order chi connectivity index (χ1) is 9.25. The van der Waals surface area contributed by atoms with Gasteiger partial charge in [0.1, 0.15) is 0 Å². The van der Waals surface area contributed by atoms with Crippen molar-refractivity contribution in [2.45, 2.75) is 19.1 Å². The molecule has 2 aromatic rings. The van der Waals surface area contributed by atoms with Gasteiger partial charge in [0.05, 0.1) is 43.6 Å². The van der Waals surface area contributed by atoms with Crippen molar-refractivity contribution in [3.8, 4) is 11.3 Å². The van der Waals surface area contributed by atoms with Crippen LogP contribution >= 0.6 is 0 Å². The zero-order valence-electron chi connectivity index (χ0n) is 10.8. The van der Waals surface area contributed by atoms with Gasteiger partial charge in [-0.3, -0.25) is 0 Å². The largest absolute Gasteiger partial charge is 0.390 e. The number of benzene rings is 1. The maximum Gasteiger partial charge on any atom is 0.0956 e. The SMILES string of the molecule is Cc1ccc2c(c1)-c1cncn1[C@@H]2[C@H]1COC[C@@H]1O. The van der Waals surface area contributed by atoms with Crippen LogP contribution in [0.15, 0.2) is 30.7 Å². The van der Waals surface area contributed by atoms with E-state index in [4.69, 9.17) is 4.74 Å². The van der Waals surface area contributed by atoms with Crippen LogP contribution < -0.4 is 0 Å². The van der Waals surface area contributed by atoms with Crippen LogP contribution in [0.1, 0.15) is 17.2 Å². The fourth-order valence-electron chi connectivity index (χ4n) is 3.33. The summed E-state index contributed by atoms with van der Waals surface area (Å²) in [5.74, 6) is 0.108. The number of aryl methyl sites for hydroxylation is 1. The van der Waals surface area contributed by atoms with E-state index >= 15 is 0 Å². The number of imidazole rings is 1. The molecule has 1 aromatic heterocycles. The highest BCUT2D eigenvalue weighted by atomic mass is 16.5. The molecule has 4 rings (SSSR count). The number of fused-ring (bicyclic) bond motifs is 3. The molecule has 0 unspecified atom stereocenters. The maximum atomic E-state index is 10.1. The quantitative estimate of drug-likeness (QED) is 0.846. The molecule has 98 valence electrons. The second kappa shape index (κ2) is 3.92. The van der Waals surface area contributed by atoms with Gasteiger partial charge in [-0.25, -0.2) is 4.98 Å². The molecule has 0 saturated carbocycles. The van der Waals surface area contributed by atoms with Crippen LogP contribution in [0.25, 0.3) is 11.3 Å². The Kier molecular flexibility index (Phi) is 2.31. The number of rotatable bonds is 1. The fourth-order valence-corrected chi connectivity index (χ4v) is 3.33. The van der Waals surface area contributed by atoms with E-state index in [2.05, 4.69) is 34.7 Å². The minimum atomic E-state index is -0.396. The predicted molar refractivity (Wildman–Crippen MR) is 70.9 cm³/mol. The molecule has 1 N–H and O–H groups in total. The summed E-state index contributed by atoms with van der Waals surface area (Å²) in [6, 6.07) is 6.65. The lowest BCUT2D eigenvalue weighted by molar-refractivity contribution is 0.111. The molecule has 3 heterocycles. The van der Waals surface area contributed by atoms with Gasteiger partial charge in [-0.2, -0.15) is 0 Å². The maximum absolute atomic E-state index is 10.1. The highest BCUT2D eigenvalue weighted by molar-refractivity contribution is 5.70. The van der Waals surface area contributed by atoms with Crippen molar-refractivity contribution in [3.63, 3.8) is 0 Å². The van der Waals surface area contributed by atoms with Gasteiger partial charge in [0, 0.05) is 11.5 Å². The van der Waals surface area contributed by atoms with Gasteiger partial charge in [0.2, 0.25) is 0 Å². The number of hydrogen-bond donors (Lipinski definition) is 1. The molecule has 19 heavy (non-hydrogen) atoms. The third kappa shape index (κ3) is 1.50. The number of ether oxygens (including phenoxy) is 1. The standard InChI is InChI=1S/C15H16N2O2/c1-9-2-3-10-11(4-9)13-5-16-8-17(13)15(10)12-6-19-7-14(12)18/h2-5,8,12,14-15,18H,6-7H2,1H3/t12-,14-,15-/m0/s1. The van der Waals surface area contributed by atoms with Crippen LogP contribution in [0, 0.1) is 12.8 Å². The van der Waals surface area contributed by atoms with Gasteiger partial charge in [-0.15, -0.1) is 0 Å². The highest BCUT2D eigenvalue weighted by Gasteiger charge is 2.40. The van der Waals surface area contributed by atoms with E-state index in [1.807, 2.05) is 12.5 Å². The lowest BCUT2D eigenvalue weighted by Gasteiger charge is -2.23. The molecule has 1 saturated heterocycles. The van der Waals surface area contributed by atoms with Gasteiger partial charge in [0.15, 0.2) is 0 Å². The van der Waals surface area contributed by atoms with Gasteiger partial charge in [0.25, 0.3) is 0 Å². The Labute approximate surface area is 111 Å². The first-order valence-corrected chi connectivity index (χ1v) is 6.64. The van der Waals surface area contributed by atoms with Crippen LogP contribution in [-0.2, 0) is 4.74 Å². The summed E-state index contributed by atoms with van der Waals surface area (Å²) in [5, 5.41) is 10.1. The van der Waals surface area contributed by atoms with E-state index in [0.29, 0.717) is 13.2 Å². The molecule has 0 spiro atoms. The zero-order valence-corrected chi connectivity index (χ0v) is 10.8. The first-order valence-electron chi connectivity index (χ1n) is 6.64. The second-order valence-corrected chi connectivity index (χ2v) is 5.49. The molecule has 1 aromatic carbocycles. The summed E-state index contributed by atoms with van der Waals surface area (Å²) in [5.41, 5.74) is 4.90. The van der Waals surface area contributed by atoms with Crippen molar-refractivity contribution < 1.29 is 9.84 Å². The average Bonchev–Trinajstić information content (AvgIpc) is 3.05. The third-order valence-corrected chi connectivity index (χ3v) is 4.27. The second-order valence-electron chi connectivity index (χ2n) is 5.49. The Morgan fingerprint density at radius 2 is 2.26 bits per heavy atom. The number of hydrogen-bond acceptors (Lipinski definition) is 3. The zero-order chi connectivity index (χ0) is 13.0. The van der Waals surface area contributed by atoms with E-state index in [9.17, 15) is 5.11 Å². The van der Waals surface area contributed by atoms with Crippen LogP contribution in [0.2, 0.25) is 0 Å². The Morgan fingerprint density at radius 3 is 3.05 bits per heavy atom. The minimum Gasteiger partial charge on any atom is -0.390 e. The average molecular weight is 256 g/mol. The lowest BCUT2D eigenvalue weighted by atomic mass is 9.89. The molecule has 0 radical (unpaired) electrons. The smallest absolute Gasteiger partial charge is 0.0956 e. The summed E-state index contributed by atoms with van der Waals surface area (Å²) in [6.07, 6.45) is 3.37. The molecule has 2 aliphatic heterocycles. The molecule has 4 heteroatoms. The molecule has 2 aliphatic rings. The summed E-state index contributed by atoms with van der Waals surface area (Å²) in [4.78, 5) is 4.26. The van der Waals surface area contributed by atoms with Crippen LogP contribution in [0.5, 0.6) is 0 Å². The van der Waals surface area contributed by atoms with E-state index in [1.165, 1.54) is 16.7 Å². The predicted octanol–water partition coefficient (Wildman–Crippen LogP) is 1.77. The van der Waals surface area contributed by atoms with Gasteiger partial charge in [-0.05, 0) is 18.6 Å². The van der Waals surface area contributed by atoms with Crippen molar-refractivity contribution in [2.24, 2.45) is 5.92 Å². The van der Waals surface area contributed by atoms with E-state index in [-0.39, 0.29) is 12.0 Å². The molecule has 1 fully saturated rings. The molecule has 0 aliphatic carbocycles. The summed E-state index contributed by atoms with van der Waals surface area (Å²) >= 11 is 0. The van der Waals surface area contributed by atoms with Crippen LogP contribution in [-0.4, -0.2) is 34.0 Å². The monoisotopic (exact) mass is 256 g/mol. The van der Waals surface area contributed by atoms with E-state index in [1.54, 1.807) is 0 Å². The Morgan fingerprint density at radius 1 is 1.37 bits per heavy atom. The van der Waals surface area contributed by atoms with Crippen LogP contribution in [0.3, 0.4) is 0 Å². The number of aliphatic hydroxyl groups is 1. The lowest BCUT2D eigenvalue weighted by Crippen LogP contribution is -2.27. The fraction of sp³-hybridized carbons (Fsp3) is 0.400. The topological polar surface area (TPSA) is 47.3 Å². The Hall–Kier alpha value is -1.65. The summed E-state index contributed by atoms with van der Waals surface area (Å²) < 4.78 is 7.60. The molecule has 4 nitrogen and oxygen atoms in total. The Balaban J connectivity index is 1.89. The molecular weight excluding hydrogens is 240 g/mol. The van der Waals surface area contributed by atoms with E-state index < -0.39 is 6.10 Å². The van der Waals surface area contributed by atoms with Crippen molar-refractivity contribution in [2.75, 3.05) is 13.2 Å². The first kappa shape index (κ1) is 11.2. The molecule has 0 bridgehead atoms. The third-order valence-electron chi connectivity index (χ3n) is 4.27. The molecule has 0 amide bonds.